The number of nitrogens with one attached hydrogen (secondary N) is 2. The maximum Gasteiger partial charge on any atom is 0.261 e. The van der Waals surface area contributed by atoms with E-state index in [9.17, 15) is 18.0 Å². The third-order valence-corrected chi connectivity index (χ3v) is 9.39. The van der Waals surface area contributed by atoms with Gasteiger partial charge in [0.1, 0.15) is 5.37 Å². The number of aryl methyl sites for hydroxylation is 1. The third kappa shape index (κ3) is 6.33. The van der Waals surface area contributed by atoms with E-state index >= 15 is 0 Å². The Bertz CT molecular complexity index is 1640. The minimum absolute atomic E-state index is 0.0614. The highest BCUT2D eigenvalue weighted by molar-refractivity contribution is 8.00. The predicted molar refractivity (Wildman–Crippen MR) is 160 cm³/mol. The van der Waals surface area contributed by atoms with Crippen molar-refractivity contribution in [2.24, 2.45) is 0 Å². The number of hydrogen-bond donors (Lipinski definition) is 2. The lowest BCUT2D eigenvalue weighted by Crippen LogP contribution is -2.27. The van der Waals surface area contributed by atoms with Gasteiger partial charge in [-0.3, -0.25) is 14.3 Å². The molecule has 40 heavy (non-hydrogen) atoms. The number of rotatable bonds is 8. The molecule has 204 valence electrons. The Labute approximate surface area is 242 Å². The van der Waals surface area contributed by atoms with Crippen LogP contribution in [0.3, 0.4) is 0 Å². The zero-order chi connectivity index (χ0) is 28.3. The summed E-state index contributed by atoms with van der Waals surface area (Å²) in [4.78, 5) is 27.4. The molecule has 0 radical (unpaired) electrons. The lowest BCUT2D eigenvalue weighted by Gasteiger charge is -2.24. The molecule has 1 fully saturated rings. The topological polar surface area (TPSA) is 95.6 Å². The van der Waals surface area contributed by atoms with Crippen LogP contribution in [-0.2, 0) is 21.4 Å². The number of sulfonamides is 1. The molecule has 4 aromatic rings. The van der Waals surface area contributed by atoms with E-state index in [1.165, 1.54) is 12.1 Å². The van der Waals surface area contributed by atoms with Crippen LogP contribution >= 0.6 is 23.4 Å². The summed E-state index contributed by atoms with van der Waals surface area (Å²) in [7, 11) is -3.78. The first-order chi connectivity index (χ1) is 19.2. The van der Waals surface area contributed by atoms with E-state index in [4.69, 9.17) is 11.6 Å². The number of amides is 2. The fourth-order valence-corrected chi connectivity index (χ4v) is 6.74. The summed E-state index contributed by atoms with van der Waals surface area (Å²) in [5.41, 5.74) is 4.16. The molecular weight excluding hydrogens is 566 g/mol. The fraction of sp³-hybridized carbons (Fsp3) is 0.133. The number of carbonyl (C=O) groups is 2. The smallest absolute Gasteiger partial charge is 0.261 e. The molecular formula is C30H26ClN3O4S2. The Balaban J connectivity index is 1.23. The van der Waals surface area contributed by atoms with Gasteiger partial charge in [0.15, 0.2) is 0 Å². The average molecular weight is 592 g/mol. The first kappa shape index (κ1) is 27.8. The van der Waals surface area contributed by atoms with E-state index in [0.29, 0.717) is 34.3 Å². The van der Waals surface area contributed by atoms with Crippen LogP contribution in [0.4, 0.5) is 11.4 Å². The van der Waals surface area contributed by atoms with E-state index in [1.807, 2.05) is 60.4 Å². The lowest BCUT2D eigenvalue weighted by molar-refractivity contribution is -0.128. The van der Waals surface area contributed by atoms with Crippen LogP contribution in [0.15, 0.2) is 102 Å². The first-order valence-corrected chi connectivity index (χ1v) is 15.4. The number of halogens is 1. The van der Waals surface area contributed by atoms with Gasteiger partial charge in [-0.2, -0.15) is 0 Å². The maximum absolute atomic E-state index is 12.9. The van der Waals surface area contributed by atoms with Crippen molar-refractivity contribution in [3.8, 4) is 0 Å². The van der Waals surface area contributed by atoms with E-state index < -0.39 is 10.0 Å². The van der Waals surface area contributed by atoms with E-state index in [-0.39, 0.29) is 22.1 Å². The average Bonchev–Trinajstić information content (AvgIpc) is 3.31. The van der Waals surface area contributed by atoms with Crippen LogP contribution in [0, 0.1) is 6.92 Å². The quantitative estimate of drug-likeness (QED) is 0.245. The SMILES string of the molecule is Cc1ccccc1NS(=O)(=O)c1ccc(NC(=O)c2ccc([C@H]3SCC(=O)N3Cc3ccc(Cl)cc3)cc2)cc1. The molecule has 1 saturated heterocycles. The van der Waals surface area contributed by atoms with Crippen LogP contribution in [0.2, 0.25) is 5.02 Å². The summed E-state index contributed by atoms with van der Waals surface area (Å²) >= 11 is 7.54. The van der Waals surface area contributed by atoms with Gasteiger partial charge in [0.25, 0.3) is 15.9 Å². The molecule has 1 aliphatic rings. The predicted octanol–water partition coefficient (Wildman–Crippen LogP) is 6.48. The fourth-order valence-electron chi connectivity index (χ4n) is 4.30. The zero-order valence-corrected chi connectivity index (χ0v) is 23.9. The molecule has 10 heteroatoms. The second kappa shape index (κ2) is 11.8. The summed E-state index contributed by atoms with van der Waals surface area (Å²) in [6.07, 6.45) is 0. The number of nitrogens with zero attached hydrogens (tertiary/aromatic N) is 1. The van der Waals surface area contributed by atoms with E-state index in [1.54, 1.807) is 48.2 Å². The number of thioether (sulfide) groups is 1. The second-order valence-corrected chi connectivity index (χ2v) is 12.5. The van der Waals surface area contributed by atoms with E-state index in [0.717, 1.165) is 16.7 Å². The minimum Gasteiger partial charge on any atom is -0.322 e. The normalized spacial score (nSPS) is 15.2. The van der Waals surface area contributed by atoms with Gasteiger partial charge in [0.2, 0.25) is 5.91 Å². The zero-order valence-electron chi connectivity index (χ0n) is 21.5. The number of hydrogen-bond acceptors (Lipinski definition) is 5. The van der Waals surface area contributed by atoms with Crippen molar-refractivity contribution in [3.63, 3.8) is 0 Å². The van der Waals surface area contributed by atoms with Crippen LogP contribution in [0.5, 0.6) is 0 Å². The molecule has 0 aliphatic carbocycles. The summed E-state index contributed by atoms with van der Waals surface area (Å²) in [5.74, 6) is 0.131. The van der Waals surface area contributed by atoms with Crippen molar-refractivity contribution in [2.75, 3.05) is 15.8 Å². The lowest BCUT2D eigenvalue weighted by atomic mass is 10.1. The van der Waals surface area contributed by atoms with Gasteiger partial charge in [0.05, 0.1) is 16.3 Å². The molecule has 0 aromatic heterocycles. The molecule has 1 atom stereocenters. The number of para-hydroxylation sites is 1. The molecule has 0 saturated carbocycles. The highest BCUT2D eigenvalue weighted by Crippen LogP contribution is 2.39. The first-order valence-electron chi connectivity index (χ1n) is 12.4. The Kier molecular flexibility index (Phi) is 8.16. The largest absolute Gasteiger partial charge is 0.322 e. The molecule has 2 amide bonds. The molecule has 2 N–H and O–H groups in total. The molecule has 1 heterocycles. The highest BCUT2D eigenvalue weighted by Gasteiger charge is 2.32. The highest BCUT2D eigenvalue weighted by atomic mass is 35.5. The maximum atomic E-state index is 12.9. The minimum atomic E-state index is -3.78. The summed E-state index contributed by atoms with van der Waals surface area (Å²) < 4.78 is 28.1. The Hall–Kier alpha value is -3.79. The molecule has 7 nitrogen and oxygen atoms in total. The van der Waals surface area contributed by atoms with Crippen molar-refractivity contribution < 1.29 is 18.0 Å². The standard InChI is InChI=1S/C30H26ClN3O4S2/c1-20-4-2-3-5-27(20)33-40(37,38)26-16-14-25(15-17-26)32-29(36)22-8-10-23(11-9-22)30-34(28(35)19-39-30)18-21-6-12-24(31)13-7-21/h2-17,30,33H,18-19H2,1H3,(H,32,36)/t30-/m1/s1. The van der Waals surface area contributed by atoms with Crippen molar-refractivity contribution in [1.82, 2.24) is 4.90 Å². The van der Waals surface area contributed by atoms with Crippen LogP contribution in [0.25, 0.3) is 0 Å². The van der Waals surface area contributed by atoms with Gasteiger partial charge in [0, 0.05) is 22.8 Å². The Morgan fingerprint density at radius 1 is 0.950 bits per heavy atom. The Morgan fingerprint density at radius 3 is 2.30 bits per heavy atom. The van der Waals surface area contributed by atoms with Crippen molar-refractivity contribution >= 4 is 56.6 Å². The molecule has 0 unspecified atom stereocenters. The third-order valence-electron chi connectivity index (χ3n) is 6.50. The number of anilines is 2. The molecule has 0 bridgehead atoms. The second-order valence-electron chi connectivity index (χ2n) is 9.33. The van der Waals surface area contributed by atoms with Gasteiger partial charge < -0.3 is 10.2 Å². The summed E-state index contributed by atoms with van der Waals surface area (Å²) in [6.45, 7) is 2.30. The monoisotopic (exact) mass is 591 g/mol. The number of benzene rings is 4. The Morgan fingerprint density at radius 2 is 1.62 bits per heavy atom. The van der Waals surface area contributed by atoms with Gasteiger partial charge in [-0.15, -0.1) is 11.8 Å². The van der Waals surface area contributed by atoms with Crippen LogP contribution < -0.4 is 10.0 Å². The van der Waals surface area contributed by atoms with Gasteiger partial charge in [-0.1, -0.05) is 54.1 Å². The van der Waals surface area contributed by atoms with Gasteiger partial charge >= 0.3 is 0 Å². The van der Waals surface area contributed by atoms with Crippen molar-refractivity contribution in [3.05, 3.63) is 124 Å². The van der Waals surface area contributed by atoms with Gasteiger partial charge in [-0.25, -0.2) is 8.42 Å². The van der Waals surface area contributed by atoms with Gasteiger partial charge in [-0.05, 0) is 78.2 Å². The van der Waals surface area contributed by atoms with Crippen molar-refractivity contribution in [1.29, 1.82) is 0 Å². The van der Waals surface area contributed by atoms with Crippen molar-refractivity contribution in [2.45, 2.75) is 23.7 Å². The summed E-state index contributed by atoms with van der Waals surface area (Å²) in [5, 5.41) is 3.30. The molecule has 4 aromatic carbocycles. The summed E-state index contributed by atoms with van der Waals surface area (Å²) in [6, 6.07) is 27.7. The van der Waals surface area contributed by atoms with E-state index in [2.05, 4.69) is 10.0 Å². The molecule has 0 spiro atoms. The molecule has 1 aliphatic heterocycles. The molecule has 5 rings (SSSR count). The number of carbonyl (C=O) groups excluding carboxylic acids is 2. The van der Waals surface area contributed by atoms with Crippen LogP contribution in [0.1, 0.15) is 32.4 Å². The van der Waals surface area contributed by atoms with Crippen LogP contribution in [-0.4, -0.2) is 30.9 Å².